The first-order valence-electron chi connectivity index (χ1n) is 7.55. The number of aromatic nitrogens is 1. The Morgan fingerprint density at radius 1 is 1.16 bits per heavy atom. The predicted octanol–water partition coefficient (Wildman–Crippen LogP) is 4.59. The summed E-state index contributed by atoms with van der Waals surface area (Å²) in [7, 11) is 0. The summed E-state index contributed by atoms with van der Waals surface area (Å²) in [6.07, 6.45) is 0. The van der Waals surface area contributed by atoms with Gasteiger partial charge in [-0.05, 0) is 31.5 Å². The van der Waals surface area contributed by atoms with Crippen LogP contribution in [-0.4, -0.2) is 15.8 Å². The van der Waals surface area contributed by atoms with Gasteiger partial charge in [-0.2, -0.15) is 0 Å². The minimum Gasteiger partial charge on any atom is -0.298 e. The molecule has 0 aliphatic heterocycles. The Morgan fingerprint density at radius 3 is 2.52 bits per heavy atom. The minimum absolute atomic E-state index is 0.00648. The summed E-state index contributed by atoms with van der Waals surface area (Å²) >= 11 is 1.40. The van der Waals surface area contributed by atoms with Crippen LogP contribution >= 0.6 is 11.3 Å². The molecule has 25 heavy (non-hydrogen) atoms. The number of hydrogen-bond acceptors (Lipinski definition) is 5. The standard InChI is InChI=1S/C18H15N3O3S/c1-11-10-14(8-9-15(11)21(23)24)17(22)20-18-19-12(2)16(25-18)13-6-4-3-5-7-13/h3-10H,1-2H3,(H,19,20,22). The Labute approximate surface area is 148 Å². The molecule has 1 amide bonds. The number of nitrogens with one attached hydrogen (secondary N) is 1. The maximum Gasteiger partial charge on any atom is 0.272 e. The molecule has 1 N–H and O–H groups in total. The Bertz CT molecular complexity index is 951. The molecule has 0 bridgehead atoms. The van der Waals surface area contributed by atoms with Gasteiger partial charge < -0.3 is 0 Å². The van der Waals surface area contributed by atoms with E-state index in [-0.39, 0.29) is 11.6 Å². The average Bonchev–Trinajstić information content (AvgIpc) is 2.95. The van der Waals surface area contributed by atoms with Gasteiger partial charge in [0.1, 0.15) is 0 Å². The van der Waals surface area contributed by atoms with E-state index in [1.165, 1.54) is 29.5 Å². The lowest BCUT2D eigenvalue weighted by Crippen LogP contribution is -2.12. The largest absolute Gasteiger partial charge is 0.298 e. The van der Waals surface area contributed by atoms with Gasteiger partial charge in [-0.1, -0.05) is 41.7 Å². The van der Waals surface area contributed by atoms with Crippen molar-refractivity contribution in [2.24, 2.45) is 0 Å². The average molecular weight is 353 g/mol. The van der Waals surface area contributed by atoms with Crippen molar-refractivity contribution in [1.29, 1.82) is 0 Å². The molecule has 3 aromatic rings. The Balaban J connectivity index is 1.82. The highest BCUT2D eigenvalue weighted by Crippen LogP contribution is 2.32. The van der Waals surface area contributed by atoms with Crippen molar-refractivity contribution in [1.82, 2.24) is 4.98 Å². The fraction of sp³-hybridized carbons (Fsp3) is 0.111. The van der Waals surface area contributed by atoms with Gasteiger partial charge in [-0.3, -0.25) is 20.2 Å². The van der Waals surface area contributed by atoms with E-state index in [0.29, 0.717) is 16.3 Å². The molecule has 6 nitrogen and oxygen atoms in total. The highest BCUT2D eigenvalue weighted by atomic mass is 32.1. The zero-order valence-electron chi connectivity index (χ0n) is 13.6. The summed E-state index contributed by atoms with van der Waals surface area (Å²) in [4.78, 5) is 28.2. The van der Waals surface area contributed by atoms with Crippen LogP contribution in [0.2, 0.25) is 0 Å². The van der Waals surface area contributed by atoms with Gasteiger partial charge in [0.15, 0.2) is 5.13 Å². The second-order valence-corrected chi connectivity index (χ2v) is 6.51. The third-order valence-electron chi connectivity index (χ3n) is 3.71. The first-order chi connectivity index (χ1) is 12.0. The molecule has 0 atom stereocenters. The van der Waals surface area contributed by atoms with Crippen molar-refractivity contribution in [2.45, 2.75) is 13.8 Å². The zero-order chi connectivity index (χ0) is 18.0. The number of hydrogen-bond donors (Lipinski definition) is 1. The molecule has 3 rings (SSSR count). The molecule has 1 heterocycles. The molecule has 0 radical (unpaired) electrons. The van der Waals surface area contributed by atoms with Gasteiger partial charge in [-0.15, -0.1) is 0 Å². The summed E-state index contributed by atoms with van der Waals surface area (Å²) in [6.45, 7) is 3.50. The van der Waals surface area contributed by atoms with Gasteiger partial charge >= 0.3 is 0 Å². The van der Waals surface area contributed by atoms with E-state index in [0.717, 1.165) is 16.1 Å². The van der Waals surface area contributed by atoms with Gasteiger partial charge in [-0.25, -0.2) is 4.98 Å². The lowest BCUT2D eigenvalue weighted by atomic mass is 10.1. The van der Waals surface area contributed by atoms with Crippen LogP contribution in [0.1, 0.15) is 21.6 Å². The maximum absolute atomic E-state index is 12.4. The Hall–Kier alpha value is -3.06. The van der Waals surface area contributed by atoms with Crippen LogP contribution in [0, 0.1) is 24.0 Å². The number of anilines is 1. The number of carbonyl (C=O) groups is 1. The quantitative estimate of drug-likeness (QED) is 0.549. The van der Waals surface area contributed by atoms with Crippen LogP contribution in [0.15, 0.2) is 48.5 Å². The second kappa shape index (κ2) is 6.82. The first-order valence-corrected chi connectivity index (χ1v) is 8.36. The SMILES string of the molecule is Cc1cc(C(=O)Nc2nc(C)c(-c3ccccc3)s2)ccc1[N+](=O)[O-]. The van der Waals surface area contributed by atoms with Crippen LogP contribution in [0.3, 0.4) is 0 Å². The highest BCUT2D eigenvalue weighted by Gasteiger charge is 2.16. The number of nitrogens with zero attached hydrogens (tertiary/aromatic N) is 2. The number of nitro groups is 1. The molecule has 0 aliphatic rings. The van der Waals surface area contributed by atoms with Gasteiger partial charge in [0, 0.05) is 17.2 Å². The molecule has 0 saturated carbocycles. The van der Waals surface area contributed by atoms with Crippen LogP contribution in [0.25, 0.3) is 10.4 Å². The molecule has 0 aliphatic carbocycles. The summed E-state index contributed by atoms with van der Waals surface area (Å²) in [5.41, 5.74) is 2.68. The number of rotatable bonds is 4. The van der Waals surface area contributed by atoms with Crippen molar-refractivity contribution >= 4 is 28.1 Å². The first kappa shape index (κ1) is 16.8. The third kappa shape index (κ3) is 3.56. The topological polar surface area (TPSA) is 85.1 Å². The normalized spacial score (nSPS) is 10.5. The molecule has 1 aromatic heterocycles. The summed E-state index contributed by atoms with van der Waals surface area (Å²) < 4.78 is 0. The van der Waals surface area contributed by atoms with E-state index < -0.39 is 4.92 Å². The minimum atomic E-state index is -0.465. The van der Waals surface area contributed by atoms with E-state index >= 15 is 0 Å². The van der Waals surface area contributed by atoms with Crippen LogP contribution in [0.4, 0.5) is 10.8 Å². The predicted molar refractivity (Wildman–Crippen MR) is 98.1 cm³/mol. The molecule has 126 valence electrons. The smallest absolute Gasteiger partial charge is 0.272 e. The zero-order valence-corrected chi connectivity index (χ0v) is 14.5. The Morgan fingerprint density at radius 2 is 1.88 bits per heavy atom. The fourth-order valence-electron chi connectivity index (χ4n) is 2.48. The fourth-order valence-corrected chi connectivity index (χ4v) is 3.45. The second-order valence-electron chi connectivity index (χ2n) is 5.51. The number of amides is 1. The van der Waals surface area contributed by atoms with Gasteiger partial charge in [0.2, 0.25) is 0 Å². The number of nitro benzene ring substituents is 1. The number of benzene rings is 2. The molecular weight excluding hydrogens is 338 g/mol. The van der Waals surface area contributed by atoms with Gasteiger partial charge in [0.25, 0.3) is 11.6 Å². The maximum atomic E-state index is 12.4. The van der Waals surface area contributed by atoms with E-state index in [2.05, 4.69) is 10.3 Å². The van der Waals surface area contributed by atoms with Crippen molar-refractivity contribution in [3.05, 3.63) is 75.5 Å². The molecule has 7 heteroatoms. The summed E-state index contributed by atoms with van der Waals surface area (Å²) in [5, 5.41) is 14.1. The lowest BCUT2D eigenvalue weighted by molar-refractivity contribution is -0.385. The van der Waals surface area contributed by atoms with Crippen LogP contribution in [-0.2, 0) is 0 Å². The molecule has 0 saturated heterocycles. The molecule has 2 aromatic carbocycles. The number of carbonyl (C=O) groups excluding carboxylic acids is 1. The van der Waals surface area contributed by atoms with E-state index in [4.69, 9.17) is 0 Å². The van der Waals surface area contributed by atoms with E-state index in [1.807, 2.05) is 37.3 Å². The van der Waals surface area contributed by atoms with Crippen LogP contribution < -0.4 is 5.32 Å². The van der Waals surface area contributed by atoms with Crippen molar-refractivity contribution in [3.63, 3.8) is 0 Å². The van der Waals surface area contributed by atoms with E-state index in [1.54, 1.807) is 6.92 Å². The van der Waals surface area contributed by atoms with Gasteiger partial charge in [0.05, 0.1) is 15.5 Å². The van der Waals surface area contributed by atoms with Crippen molar-refractivity contribution in [2.75, 3.05) is 5.32 Å². The molecule has 0 spiro atoms. The monoisotopic (exact) mass is 353 g/mol. The number of aryl methyl sites for hydroxylation is 2. The molecule has 0 unspecified atom stereocenters. The third-order valence-corrected chi connectivity index (χ3v) is 4.83. The van der Waals surface area contributed by atoms with Crippen molar-refractivity contribution in [3.8, 4) is 10.4 Å². The lowest BCUT2D eigenvalue weighted by Gasteiger charge is -2.03. The Kier molecular flexibility index (Phi) is 4.58. The van der Waals surface area contributed by atoms with E-state index in [9.17, 15) is 14.9 Å². The van der Waals surface area contributed by atoms with Crippen molar-refractivity contribution < 1.29 is 9.72 Å². The molecule has 0 fully saturated rings. The molecular formula is C18H15N3O3S. The summed E-state index contributed by atoms with van der Waals surface area (Å²) in [5.74, 6) is -0.341. The summed E-state index contributed by atoms with van der Waals surface area (Å²) in [6, 6.07) is 14.1. The number of thiazole rings is 1. The highest BCUT2D eigenvalue weighted by molar-refractivity contribution is 7.19. The van der Waals surface area contributed by atoms with Crippen LogP contribution in [0.5, 0.6) is 0 Å².